The Labute approximate surface area is 102 Å². The summed E-state index contributed by atoms with van der Waals surface area (Å²) < 4.78 is 30.2. The highest BCUT2D eigenvalue weighted by molar-refractivity contribution is 6.01. The van der Waals surface area contributed by atoms with Gasteiger partial charge in [-0.25, -0.2) is 13.6 Å². The van der Waals surface area contributed by atoms with Crippen molar-refractivity contribution in [1.29, 1.82) is 5.26 Å². The lowest BCUT2D eigenvalue weighted by Crippen LogP contribution is -2.13. The Morgan fingerprint density at radius 1 is 1.56 bits per heavy atom. The Morgan fingerprint density at radius 2 is 2.22 bits per heavy atom. The average molecular weight is 253 g/mol. The number of hydrogen-bond donors (Lipinski definition) is 0. The van der Waals surface area contributed by atoms with Crippen LogP contribution < -0.4 is 0 Å². The molecule has 4 nitrogen and oxygen atoms in total. The quantitative estimate of drug-likeness (QED) is 0.610. The van der Waals surface area contributed by atoms with E-state index >= 15 is 0 Å². The molecule has 0 unspecified atom stereocenters. The molecule has 18 heavy (non-hydrogen) atoms. The van der Waals surface area contributed by atoms with E-state index in [4.69, 9.17) is 5.26 Å². The highest BCUT2D eigenvalue weighted by atomic mass is 19.3. The summed E-state index contributed by atoms with van der Waals surface area (Å²) in [7, 11) is 0. The predicted molar refractivity (Wildman–Crippen MR) is 57.5 cm³/mol. The second-order valence-electron chi connectivity index (χ2n) is 3.24. The molecule has 0 bridgehead atoms. The Bertz CT molecular complexity index is 521. The number of hydrogen-bond acceptors (Lipinski definition) is 4. The highest BCUT2D eigenvalue weighted by Gasteiger charge is 2.25. The zero-order chi connectivity index (χ0) is 13.7. The van der Waals surface area contributed by atoms with Crippen molar-refractivity contribution < 1.29 is 23.1 Å². The van der Waals surface area contributed by atoms with E-state index in [1.54, 1.807) is 6.07 Å². The average Bonchev–Trinajstić information content (AvgIpc) is 2.36. The summed E-state index contributed by atoms with van der Waals surface area (Å²) >= 11 is 0. The molecule has 94 valence electrons. The van der Waals surface area contributed by atoms with E-state index in [2.05, 4.69) is 4.74 Å². The summed E-state index contributed by atoms with van der Waals surface area (Å²) in [5.74, 6) is -1.04. The Hall–Kier alpha value is -2.29. The number of nitrogens with zero attached hydrogens (tertiary/aromatic N) is 1. The summed E-state index contributed by atoms with van der Waals surface area (Å²) in [6.45, 7) is 1.49. The van der Waals surface area contributed by atoms with Gasteiger partial charge in [-0.05, 0) is 13.0 Å². The van der Waals surface area contributed by atoms with E-state index in [9.17, 15) is 18.4 Å². The van der Waals surface area contributed by atoms with Gasteiger partial charge in [0, 0.05) is 11.1 Å². The van der Waals surface area contributed by atoms with Crippen LogP contribution in [0.1, 0.15) is 45.2 Å². The number of alkyl halides is 2. The van der Waals surface area contributed by atoms with Gasteiger partial charge in [-0.1, -0.05) is 6.07 Å². The molecule has 0 aromatic heterocycles. The highest BCUT2D eigenvalue weighted by Crippen LogP contribution is 2.27. The van der Waals surface area contributed by atoms with E-state index in [0.29, 0.717) is 0 Å². The van der Waals surface area contributed by atoms with Crippen LogP contribution >= 0.6 is 0 Å². The largest absolute Gasteiger partial charge is 0.462 e. The lowest BCUT2D eigenvalue weighted by molar-refractivity contribution is 0.0513. The van der Waals surface area contributed by atoms with Crippen molar-refractivity contribution >= 4 is 12.3 Å². The monoisotopic (exact) mass is 253 g/mol. The molecule has 0 spiro atoms. The number of ether oxygens (including phenoxy) is 1. The van der Waals surface area contributed by atoms with Crippen molar-refractivity contribution in [1.82, 2.24) is 0 Å². The molecule has 0 radical (unpaired) electrons. The van der Waals surface area contributed by atoms with E-state index in [-0.39, 0.29) is 24.0 Å². The van der Waals surface area contributed by atoms with Gasteiger partial charge in [-0.15, -0.1) is 0 Å². The third kappa shape index (κ3) is 2.51. The second-order valence-corrected chi connectivity index (χ2v) is 3.24. The maximum atomic E-state index is 12.8. The molecule has 0 aliphatic carbocycles. The zero-order valence-electron chi connectivity index (χ0n) is 9.44. The number of halogens is 2. The van der Waals surface area contributed by atoms with Crippen molar-refractivity contribution in [3.63, 3.8) is 0 Å². The Balaban J connectivity index is 3.54. The lowest BCUT2D eigenvalue weighted by Gasteiger charge is -2.11. The molecule has 1 aromatic carbocycles. The van der Waals surface area contributed by atoms with Gasteiger partial charge in [-0.2, -0.15) is 5.26 Å². The van der Waals surface area contributed by atoms with Gasteiger partial charge in [-0.3, -0.25) is 4.79 Å². The van der Waals surface area contributed by atoms with Crippen molar-refractivity contribution in [2.45, 2.75) is 13.3 Å². The fourth-order valence-electron chi connectivity index (χ4n) is 1.47. The van der Waals surface area contributed by atoms with Crippen LogP contribution in [-0.4, -0.2) is 18.9 Å². The molecule has 0 atom stereocenters. The van der Waals surface area contributed by atoms with Crippen LogP contribution in [0.15, 0.2) is 12.1 Å². The number of carbonyl (C=O) groups excluding carboxylic acids is 2. The first-order valence-electron chi connectivity index (χ1n) is 5.04. The minimum absolute atomic E-state index is 0.0173. The second kappa shape index (κ2) is 5.87. The first-order chi connectivity index (χ1) is 8.56. The molecule has 0 saturated carbocycles. The zero-order valence-corrected chi connectivity index (χ0v) is 9.44. The van der Waals surface area contributed by atoms with Crippen LogP contribution in [-0.2, 0) is 4.74 Å². The number of benzene rings is 1. The summed E-state index contributed by atoms with van der Waals surface area (Å²) in [6, 6.07) is 3.69. The molecule has 0 saturated heterocycles. The minimum Gasteiger partial charge on any atom is -0.462 e. The summed E-state index contributed by atoms with van der Waals surface area (Å²) in [4.78, 5) is 22.5. The van der Waals surface area contributed by atoms with Crippen LogP contribution in [0.3, 0.4) is 0 Å². The van der Waals surface area contributed by atoms with Gasteiger partial charge in [0.2, 0.25) is 0 Å². The van der Waals surface area contributed by atoms with Gasteiger partial charge < -0.3 is 4.74 Å². The fourth-order valence-corrected chi connectivity index (χ4v) is 1.47. The van der Waals surface area contributed by atoms with Crippen molar-refractivity contribution in [3.8, 4) is 6.07 Å². The third-order valence-corrected chi connectivity index (χ3v) is 2.23. The molecule has 0 fully saturated rings. The fraction of sp³-hybridized carbons (Fsp3) is 0.250. The van der Waals surface area contributed by atoms with Crippen LogP contribution in [0, 0.1) is 11.3 Å². The van der Waals surface area contributed by atoms with Crippen molar-refractivity contribution in [2.75, 3.05) is 6.61 Å². The Kier molecular flexibility index (Phi) is 4.49. The molecular weight excluding hydrogens is 244 g/mol. The number of aldehydes is 1. The first-order valence-corrected chi connectivity index (χ1v) is 5.04. The minimum atomic E-state index is -2.93. The number of carbonyl (C=O) groups is 2. The molecule has 0 aliphatic heterocycles. The topological polar surface area (TPSA) is 67.2 Å². The van der Waals surface area contributed by atoms with Gasteiger partial charge in [0.05, 0.1) is 23.8 Å². The lowest BCUT2D eigenvalue weighted by atomic mass is 9.97. The standard InChI is InChI=1S/C12H9F2NO3/c1-2-18-12(17)10-8(11(13)14)4-3-7(5-15)9(10)6-16/h3-4,6,11H,2H2,1H3. The third-order valence-electron chi connectivity index (χ3n) is 2.23. The van der Waals surface area contributed by atoms with Crippen LogP contribution in [0.2, 0.25) is 0 Å². The molecule has 0 heterocycles. The molecule has 0 N–H and O–H groups in total. The van der Waals surface area contributed by atoms with Gasteiger partial charge >= 0.3 is 5.97 Å². The van der Waals surface area contributed by atoms with Crippen molar-refractivity contribution in [2.24, 2.45) is 0 Å². The van der Waals surface area contributed by atoms with Crippen molar-refractivity contribution in [3.05, 3.63) is 34.4 Å². The first kappa shape index (κ1) is 13.8. The molecule has 1 aromatic rings. The van der Waals surface area contributed by atoms with Gasteiger partial charge in [0.25, 0.3) is 6.43 Å². The maximum Gasteiger partial charge on any atom is 0.339 e. The van der Waals surface area contributed by atoms with E-state index in [0.717, 1.165) is 12.1 Å². The number of nitriles is 1. The Morgan fingerprint density at radius 3 is 2.67 bits per heavy atom. The normalized spacial score (nSPS) is 9.94. The van der Waals surface area contributed by atoms with Gasteiger partial charge in [0.1, 0.15) is 0 Å². The number of esters is 1. The summed E-state index contributed by atoms with van der Waals surface area (Å²) in [5, 5.41) is 8.77. The van der Waals surface area contributed by atoms with Crippen LogP contribution in [0.5, 0.6) is 0 Å². The molecule has 0 aliphatic rings. The van der Waals surface area contributed by atoms with E-state index < -0.39 is 23.5 Å². The van der Waals surface area contributed by atoms with Gasteiger partial charge in [0.15, 0.2) is 6.29 Å². The van der Waals surface area contributed by atoms with E-state index in [1.165, 1.54) is 6.92 Å². The van der Waals surface area contributed by atoms with E-state index in [1.807, 2.05) is 0 Å². The smallest absolute Gasteiger partial charge is 0.339 e. The summed E-state index contributed by atoms with van der Waals surface area (Å²) in [5.41, 5.74) is -1.67. The molecule has 6 heteroatoms. The number of rotatable bonds is 4. The van der Waals surface area contributed by atoms with Crippen LogP contribution in [0.4, 0.5) is 8.78 Å². The molecule has 0 amide bonds. The maximum absolute atomic E-state index is 12.8. The SMILES string of the molecule is CCOC(=O)c1c(C(F)F)ccc(C#N)c1C=O. The van der Waals surface area contributed by atoms with Crippen LogP contribution in [0.25, 0.3) is 0 Å². The summed E-state index contributed by atoms with van der Waals surface area (Å²) in [6.07, 6.45) is -2.73. The molecular formula is C12H9F2NO3. The molecule has 1 rings (SSSR count). The predicted octanol–water partition coefficient (Wildman–Crippen LogP) is 2.49.